The van der Waals surface area contributed by atoms with Gasteiger partial charge in [-0.3, -0.25) is 0 Å². The molecule has 1 saturated carbocycles. The molecule has 2 nitrogen and oxygen atoms in total. The van der Waals surface area contributed by atoms with E-state index in [9.17, 15) is 0 Å². The van der Waals surface area contributed by atoms with Crippen molar-refractivity contribution in [2.24, 2.45) is 5.92 Å². The molecule has 80 valence electrons. The van der Waals surface area contributed by atoms with Crippen LogP contribution in [0.15, 0.2) is 24.3 Å². The van der Waals surface area contributed by atoms with E-state index in [0.29, 0.717) is 12.1 Å². The van der Waals surface area contributed by atoms with Crippen molar-refractivity contribution >= 4 is 5.69 Å². The average molecular weight is 210 g/mol. The SMILES string of the molecule is C#CCN(CC1CC1)c1ccc(C#N)cc1. The van der Waals surface area contributed by atoms with Gasteiger partial charge in [-0.15, -0.1) is 6.42 Å². The highest BCUT2D eigenvalue weighted by molar-refractivity contribution is 5.50. The van der Waals surface area contributed by atoms with Crippen LogP contribution in [-0.2, 0) is 0 Å². The first kappa shape index (κ1) is 10.6. The Morgan fingerprint density at radius 3 is 2.50 bits per heavy atom. The van der Waals surface area contributed by atoms with Gasteiger partial charge in [-0.05, 0) is 43.0 Å². The third kappa shape index (κ3) is 2.55. The molecule has 1 aromatic carbocycles. The van der Waals surface area contributed by atoms with Crippen LogP contribution in [0.25, 0.3) is 0 Å². The van der Waals surface area contributed by atoms with Crippen LogP contribution >= 0.6 is 0 Å². The minimum Gasteiger partial charge on any atom is -0.360 e. The van der Waals surface area contributed by atoms with Crippen molar-refractivity contribution in [3.05, 3.63) is 29.8 Å². The monoisotopic (exact) mass is 210 g/mol. The normalized spacial score (nSPS) is 13.9. The lowest BCUT2D eigenvalue weighted by Crippen LogP contribution is -2.25. The van der Waals surface area contributed by atoms with Gasteiger partial charge in [0.15, 0.2) is 0 Å². The van der Waals surface area contributed by atoms with E-state index in [0.717, 1.165) is 18.2 Å². The molecule has 0 atom stereocenters. The van der Waals surface area contributed by atoms with Crippen molar-refractivity contribution in [1.82, 2.24) is 0 Å². The van der Waals surface area contributed by atoms with Crippen LogP contribution in [0.2, 0.25) is 0 Å². The Labute approximate surface area is 96.5 Å². The van der Waals surface area contributed by atoms with Crippen molar-refractivity contribution in [2.75, 3.05) is 18.0 Å². The fourth-order valence-electron chi connectivity index (χ4n) is 1.73. The van der Waals surface area contributed by atoms with E-state index in [-0.39, 0.29) is 0 Å². The molecule has 0 amide bonds. The third-order valence-electron chi connectivity index (χ3n) is 2.82. The van der Waals surface area contributed by atoms with Crippen molar-refractivity contribution in [3.8, 4) is 18.4 Å². The van der Waals surface area contributed by atoms with Crippen LogP contribution in [0.1, 0.15) is 18.4 Å². The summed E-state index contributed by atoms with van der Waals surface area (Å²) in [5.41, 5.74) is 1.81. The fraction of sp³-hybridized carbons (Fsp3) is 0.357. The van der Waals surface area contributed by atoms with Gasteiger partial charge in [-0.2, -0.15) is 5.26 Å². The molecule has 0 unspecified atom stereocenters. The number of hydrogen-bond donors (Lipinski definition) is 0. The molecule has 0 aromatic heterocycles. The van der Waals surface area contributed by atoms with E-state index in [2.05, 4.69) is 16.9 Å². The van der Waals surface area contributed by atoms with Crippen molar-refractivity contribution in [2.45, 2.75) is 12.8 Å². The summed E-state index contributed by atoms with van der Waals surface area (Å²) in [6.45, 7) is 1.68. The molecule has 0 heterocycles. The van der Waals surface area contributed by atoms with Crippen molar-refractivity contribution < 1.29 is 0 Å². The number of rotatable bonds is 4. The molecule has 16 heavy (non-hydrogen) atoms. The zero-order valence-corrected chi connectivity index (χ0v) is 9.19. The van der Waals surface area contributed by atoms with Crippen LogP contribution < -0.4 is 4.90 Å². The first-order chi connectivity index (χ1) is 7.83. The summed E-state index contributed by atoms with van der Waals surface area (Å²) in [5.74, 6) is 3.50. The first-order valence-electron chi connectivity index (χ1n) is 5.52. The molecule has 2 heteroatoms. The number of anilines is 1. The number of nitriles is 1. The Hall–Kier alpha value is -1.93. The van der Waals surface area contributed by atoms with Crippen LogP contribution in [0.4, 0.5) is 5.69 Å². The highest BCUT2D eigenvalue weighted by Crippen LogP contribution is 2.31. The highest BCUT2D eigenvalue weighted by atomic mass is 15.1. The fourth-order valence-corrected chi connectivity index (χ4v) is 1.73. The van der Waals surface area contributed by atoms with Gasteiger partial charge in [0, 0.05) is 12.2 Å². The summed E-state index contributed by atoms with van der Waals surface area (Å²) in [6, 6.07) is 9.74. The van der Waals surface area contributed by atoms with E-state index in [1.54, 1.807) is 0 Å². The molecule has 1 fully saturated rings. The second kappa shape index (κ2) is 4.73. The lowest BCUT2D eigenvalue weighted by atomic mass is 10.2. The van der Waals surface area contributed by atoms with Gasteiger partial charge >= 0.3 is 0 Å². The van der Waals surface area contributed by atoms with Crippen LogP contribution in [0.5, 0.6) is 0 Å². The molecular formula is C14H14N2. The number of terminal acetylenes is 1. The molecule has 0 aliphatic heterocycles. The van der Waals surface area contributed by atoms with Gasteiger partial charge in [0.2, 0.25) is 0 Å². The van der Waals surface area contributed by atoms with Gasteiger partial charge in [0.05, 0.1) is 18.2 Å². The molecular weight excluding hydrogens is 196 g/mol. The van der Waals surface area contributed by atoms with Gasteiger partial charge in [0.1, 0.15) is 0 Å². The molecule has 0 spiro atoms. The van der Waals surface area contributed by atoms with Crippen LogP contribution in [0.3, 0.4) is 0 Å². The van der Waals surface area contributed by atoms with Gasteiger partial charge in [0.25, 0.3) is 0 Å². The summed E-state index contributed by atoms with van der Waals surface area (Å²) in [7, 11) is 0. The number of nitrogens with zero attached hydrogens (tertiary/aromatic N) is 2. The van der Waals surface area contributed by atoms with E-state index in [1.165, 1.54) is 12.8 Å². The molecule has 1 aliphatic carbocycles. The number of benzene rings is 1. The zero-order valence-electron chi connectivity index (χ0n) is 9.19. The second-order valence-electron chi connectivity index (χ2n) is 4.19. The van der Waals surface area contributed by atoms with Crippen LogP contribution in [0, 0.1) is 29.6 Å². The van der Waals surface area contributed by atoms with E-state index in [4.69, 9.17) is 11.7 Å². The summed E-state index contributed by atoms with van der Waals surface area (Å²) in [4.78, 5) is 2.21. The average Bonchev–Trinajstić information content (AvgIpc) is 3.13. The second-order valence-corrected chi connectivity index (χ2v) is 4.19. The minimum atomic E-state index is 0.641. The summed E-state index contributed by atoms with van der Waals surface area (Å²) < 4.78 is 0. The van der Waals surface area contributed by atoms with E-state index < -0.39 is 0 Å². The summed E-state index contributed by atoms with van der Waals surface area (Å²) >= 11 is 0. The topological polar surface area (TPSA) is 27.0 Å². The maximum absolute atomic E-state index is 8.73. The largest absolute Gasteiger partial charge is 0.360 e. The van der Waals surface area contributed by atoms with Gasteiger partial charge < -0.3 is 4.90 Å². The van der Waals surface area contributed by atoms with Gasteiger partial charge in [-0.1, -0.05) is 5.92 Å². The van der Waals surface area contributed by atoms with Crippen molar-refractivity contribution in [1.29, 1.82) is 5.26 Å². The minimum absolute atomic E-state index is 0.641. The predicted octanol–water partition coefficient (Wildman–Crippen LogP) is 2.41. The Kier molecular flexibility index (Phi) is 3.13. The molecule has 0 N–H and O–H groups in total. The third-order valence-corrected chi connectivity index (χ3v) is 2.82. The van der Waals surface area contributed by atoms with Gasteiger partial charge in [-0.25, -0.2) is 0 Å². The Balaban J connectivity index is 2.11. The van der Waals surface area contributed by atoms with Crippen LogP contribution in [-0.4, -0.2) is 13.1 Å². The van der Waals surface area contributed by atoms with Crippen molar-refractivity contribution in [3.63, 3.8) is 0 Å². The smallest absolute Gasteiger partial charge is 0.0991 e. The molecule has 0 radical (unpaired) electrons. The lowest BCUT2D eigenvalue weighted by molar-refractivity contribution is 0.765. The summed E-state index contributed by atoms with van der Waals surface area (Å²) in [6.07, 6.45) is 8.01. The maximum atomic E-state index is 8.73. The van der Waals surface area contributed by atoms with E-state index in [1.807, 2.05) is 24.3 Å². The molecule has 1 aromatic rings. The first-order valence-corrected chi connectivity index (χ1v) is 5.52. The maximum Gasteiger partial charge on any atom is 0.0991 e. The molecule has 2 rings (SSSR count). The Bertz CT molecular complexity index is 429. The van der Waals surface area contributed by atoms with E-state index >= 15 is 0 Å². The lowest BCUT2D eigenvalue weighted by Gasteiger charge is -2.22. The molecule has 0 saturated heterocycles. The Morgan fingerprint density at radius 2 is 2.00 bits per heavy atom. The predicted molar refractivity (Wildman–Crippen MR) is 64.9 cm³/mol. The number of hydrogen-bond acceptors (Lipinski definition) is 2. The quantitative estimate of drug-likeness (QED) is 0.713. The standard InChI is InChI=1S/C14H14N2/c1-2-9-16(11-13-3-4-13)14-7-5-12(10-15)6-8-14/h1,5-8,13H,3-4,9,11H2. The highest BCUT2D eigenvalue weighted by Gasteiger charge is 2.24. The molecule has 0 bridgehead atoms. The molecule has 1 aliphatic rings. The zero-order chi connectivity index (χ0) is 11.4. The Morgan fingerprint density at radius 1 is 1.31 bits per heavy atom. The summed E-state index contributed by atoms with van der Waals surface area (Å²) in [5, 5.41) is 8.73.